The van der Waals surface area contributed by atoms with E-state index in [4.69, 9.17) is 4.74 Å². The van der Waals surface area contributed by atoms with E-state index in [-0.39, 0.29) is 0 Å². The van der Waals surface area contributed by atoms with E-state index in [1.807, 2.05) is 7.05 Å². The van der Waals surface area contributed by atoms with Crippen molar-refractivity contribution in [2.75, 3.05) is 46.2 Å². The number of hydrogen-bond donors (Lipinski definition) is 1. The van der Waals surface area contributed by atoms with Crippen molar-refractivity contribution < 1.29 is 4.74 Å². The highest BCUT2D eigenvalue weighted by Crippen LogP contribution is 2.24. The maximum absolute atomic E-state index is 5.07. The van der Waals surface area contributed by atoms with Gasteiger partial charge in [-0.25, -0.2) is 0 Å². The highest BCUT2D eigenvalue weighted by atomic mass is 32.2. The van der Waals surface area contributed by atoms with Gasteiger partial charge in [0.1, 0.15) is 0 Å². The van der Waals surface area contributed by atoms with Crippen LogP contribution in [-0.4, -0.2) is 62.3 Å². The Bertz CT molecular complexity index is 284. The number of unbranched alkanes of at least 4 members (excludes halogenated alkanes) is 2. The molecule has 1 unspecified atom stereocenters. The quantitative estimate of drug-likeness (QED) is 0.445. The summed E-state index contributed by atoms with van der Waals surface area (Å²) < 4.78 is 5.07. The second kappa shape index (κ2) is 10.3. The van der Waals surface area contributed by atoms with Crippen molar-refractivity contribution in [2.24, 2.45) is 10.9 Å². The third-order valence-corrected chi connectivity index (χ3v) is 5.20. The molecule has 0 amide bonds. The van der Waals surface area contributed by atoms with Gasteiger partial charge in [-0.05, 0) is 25.2 Å². The minimum atomic E-state index is 0.726. The Labute approximate surface area is 128 Å². The van der Waals surface area contributed by atoms with Crippen molar-refractivity contribution in [2.45, 2.75) is 38.4 Å². The smallest absolute Gasteiger partial charge is 0.193 e. The van der Waals surface area contributed by atoms with Gasteiger partial charge in [0.15, 0.2) is 5.96 Å². The minimum absolute atomic E-state index is 0.726. The second-order valence-electron chi connectivity index (χ2n) is 5.63. The van der Waals surface area contributed by atoms with E-state index < -0.39 is 0 Å². The molecule has 0 aromatic heterocycles. The van der Waals surface area contributed by atoms with Gasteiger partial charge >= 0.3 is 0 Å². The van der Waals surface area contributed by atoms with E-state index in [1.54, 1.807) is 7.11 Å². The lowest BCUT2D eigenvalue weighted by Gasteiger charge is -2.36. The molecule has 4 nitrogen and oxygen atoms in total. The van der Waals surface area contributed by atoms with Crippen LogP contribution >= 0.6 is 11.8 Å². The highest BCUT2D eigenvalue weighted by molar-refractivity contribution is 8.00. The van der Waals surface area contributed by atoms with Crippen molar-refractivity contribution in [1.82, 2.24) is 10.2 Å². The van der Waals surface area contributed by atoms with Gasteiger partial charge in [0, 0.05) is 51.4 Å². The Morgan fingerprint density at radius 1 is 1.40 bits per heavy atom. The third kappa shape index (κ3) is 6.35. The first kappa shape index (κ1) is 17.6. The molecule has 1 aliphatic heterocycles. The number of hydrogen-bond acceptors (Lipinski definition) is 3. The van der Waals surface area contributed by atoms with Crippen LogP contribution in [-0.2, 0) is 4.74 Å². The molecule has 1 rings (SSSR count). The Kier molecular flexibility index (Phi) is 9.10. The van der Waals surface area contributed by atoms with Crippen molar-refractivity contribution in [1.29, 1.82) is 0 Å². The van der Waals surface area contributed by atoms with Crippen LogP contribution < -0.4 is 5.32 Å². The standard InChI is InChI=1S/C15H31N3OS/c1-13(2)14-12-18(9-11-20-14)15(16-3)17-8-6-5-7-10-19-4/h13-14H,5-12H2,1-4H3,(H,16,17). The molecule has 0 spiro atoms. The molecule has 0 saturated carbocycles. The molecule has 0 radical (unpaired) electrons. The number of ether oxygens (including phenoxy) is 1. The van der Waals surface area contributed by atoms with Crippen LogP contribution in [0.15, 0.2) is 4.99 Å². The lowest BCUT2D eigenvalue weighted by atomic mass is 10.1. The van der Waals surface area contributed by atoms with Gasteiger partial charge in [0.05, 0.1) is 0 Å². The molecule has 1 atom stereocenters. The fourth-order valence-electron chi connectivity index (χ4n) is 2.35. The molecule has 0 aliphatic carbocycles. The molecule has 5 heteroatoms. The monoisotopic (exact) mass is 301 g/mol. The summed E-state index contributed by atoms with van der Waals surface area (Å²) in [6.45, 7) is 8.73. The second-order valence-corrected chi connectivity index (χ2v) is 6.97. The topological polar surface area (TPSA) is 36.9 Å². The molecular formula is C15H31N3OS. The summed E-state index contributed by atoms with van der Waals surface area (Å²) in [6, 6.07) is 0. The Morgan fingerprint density at radius 2 is 2.20 bits per heavy atom. The van der Waals surface area contributed by atoms with Crippen LogP contribution in [0.5, 0.6) is 0 Å². The van der Waals surface area contributed by atoms with E-state index >= 15 is 0 Å². The summed E-state index contributed by atoms with van der Waals surface area (Å²) in [5, 5.41) is 4.23. The van der Waals surface area contributed by atoms with Crippen molar-refractivity contribution in [3.05, 3.63) is 0 Å². The molecule has 118 valence electrons. The number of nitrogens with zero attached hydrogens (tertiary/aromatic N) is 2. The number of nitrogens with one attached hydrogen (secondary N) is 1. The first-order valence-electron chi connectivity index (χ1n) is 7.75. The summed E-state index contributed by atoms with van der Waals surface area (Å²) >= 11 is 2.10. The van der Waals surface area contributed by atoms with Gasteiger partial charge < -0.3 is 15.0 Å². The molecule has 1 aliphatic rings. The summed E-state index contributed by atoms with van der Waals surface area (Å²) in [4.78, 5) is 6.85. The summed E-state index contributed by atoms with van der Waals surface area (Å²) in [5.41, 5.74) is 0. The van der Waals surface area contributed by atoms with Gasteiger partial charge in [-0.3, -0.25) is 4.99 Å². The number of rotatable bonds is 7. The maximum Gasteiger partial charge on any atom is 0.193 e. The normalized spacial score (nSPS) is 20.6. The SMILES string of the molecule is CN=C(NCCCCCOC)N1CCSC(C(C)C)C1. The van der Waals surface area contributed by atoms with E-state index in [1.165, 1.54) is 18.6 Å². The first-order chi connectivity index (χ1) is 9.69. The summed E-state index contributed by atoms with van der Waals surface area (Å²) in [6.07, 6.45) is 3.54. The van der Waals surface area contributed by atoms with E-state index in [2.05, 4.69) is 40.8 Å². The van der Waals surface area contributed by atoms with Gasteiger partial charge in [-0.2, -0.15) is 11.8 Å². The zero-order valence-electron chi connectivity index (χ0n) is 13.5. The maximum atomic E-state index is 5.07. The fraction of sp³-hybridized carbons (Fsp3) is 0.933. The van der Waals surface area contributed by atoms with Crippen molar-refractivity contribution >= 4 is 17.7 Å². The molecular weight excluding hydrogens is 270 g/mol. The Balaban J connectivity index is 2.27. The van der Waals surface area contributed by atoms with Crippen LogP contribution in [0.4, 0.5) is 0 Å². The van der Waals surface area contributed by atoms with Gasteiger partial charge in [0.2, 0.25) is 0 Å². The zero-order chi connectivity index (χ0) is 14.8. The van der Waals surface area contributed by atoms with E-state index in [0.29, 0.717) is 0 Å². The molecule has 20 heavy (non-hydrogen) atoms. The summed E-state index contributed by atoms with van der Waals surface area (Å²) in [5.74, 6) is 3.01. The van der Waals surface area contributed by atoms with Crippen molar-refractivity contribution in [3.63, 3.8) is 0 Å². The lowest BCUT2D eigenvalue weighted by Crippen LogP contribution is -2.49. The van der Waals surface area contributed by atoms with Crippen LogP contribution in [0.25, 0.3) is 0 Å². The molecule has 1 N–H and O–H groups in total. The van der Waals surface area contributed by atoms with E-state index in [0.717, 1.165) is 49.8 Å². The number of aliphatic imine (C=N–C) groups is 1. The van der Waals surface area contributed by atoms with Gasteiger partial charge in [-0.15, -0.1) is 0 Å². The predicted octanol–water partition coefficient (Wildman–Crippen LogP) is 2.45. The molecule has 0 aromatic rings. The largest absolute Gasteiger partial charge is 0.385 e. The van der Waals surface area contributed by atoms with Crippen LogP contribution in [0.3, 0.4) is 0 Å². The van der Waals surface area contributed by atoms with Gasteiger partial charge in [0.25, 0.3) is 0 Å². The molecule has 1 fully saturated rings. The fourth-order valence-corrected chi connectivity index (χ4v) is 3.65. The highest BCUT2D eigenvalue weighted by Gasteiger charge is 2.24. The van der Waals surface area contributed by atoms with Crippen LogP contribution in [0.1, 0.15) is 33.1 Å². The number of thioether (sulfide) groups is 1. The van der Waals surface area contributed by atoms with E-state index in [9.17, 15) is 0 Å². The lowest BCUT2D eigenvalue weighted by molar-refractivity contribution is 0.192. The van der Waals surface area contributed by atoms with Crippen molar-refractivity contribution in [3.8, 4) is 0 Å². The van der Waals surface area contributed by atoms with Crippen LogP contribution in [0, 0.1) is 5.92 Å². The summed E-state index contributed by atoms with van der Waals surface area (Å²) in [7, 11) is 3.65. The minimum Gasteiger partial charge on any atom is -0.385 e. The number of guanidine groups is 1. The Hall–Kier alpha value is -0.420. The van der Waals surface area contributed by atoms with Crippen LogP contribution in [0.2, 0.25) is 0 Å². The molecule has 1 saturated heterocycles. The average molecular weight is 302 g/mol. The Morgan fingerprint density at radius 3 is 2.85 bits per heavy atom. The first-order valence-corrected chi connectivity index (χ1v) is 8.80. The molecule has 0 bridgehead atoms. The molecule has 1 heterocycles. The van der Waals surface area contributed by atoms with Gasteiger partial charge in [-0.1, -0.05) is 13.8 Å². The zero-order valence-corrected chi connectivity index (χ0v) is 14.3. The predicted molar refractivity (Wildman–Crippen MR) is 89.7 cm³/mol. The third-order valence-electron chi connectivity index (χ3n) is 3.66. The number of methoxy groups -OCH3 is 1. The molecule has 0 aromatic carbocycles. The average Bonchev–Trinajstić information content (AvgIpc) is 2.46.